The molecule has 0 saturated carbocycles. The molecule has 0 unspecified atom stereocenters. The van der Waals surface area contributed by atoms with Gasteiger partial charge >= 0.3 is 0 Å². The SMILES string of the molecule is O=C(CSc1c(Cl)cccc1Cl)NCc1ccc(S(=O)(=O)N2CCOCC2)cc1. The van der Waals surface area contributed by atoms with Gasteiger partial charge in [-0.25, -0.2) is 8.42 Å². The number of ether oxygens (including phenoxy) is 1. The molecule has 1 N–H and O–H groups in total. The summed E-state index contributed by atoms with van der Waals surface area (Å²) in [6.45, 7) is 1.82. The fourth-order valence-electron chi connectivity index (χ4n) is 2.73. The lowest BCUT2D eigenvalue weighted by atomic mass is 10.2. The minimum Gasteiger partial charge on any atom is -0.379 e. The van der Waals surface area contributed by atoms with E-state index in [-0.39, 0.29) is 16.6 Å². The molecule has 10 heteroatoms. The maximum Gasteiger partial charge on any atom is 0.243 e. The van der Waals surface area contributed by atoms with Crippen LogP contribution in [0.2, 0.25) is 10.0 Å². The molecule has 1 fully saturated rings. The second-order valence-corrected chi connectivity index (χ2v) is 10.0. The molecule has 3 rings (SSSR count). The van der Waals surface area contributed by atoms with E-state index in [1.165, 1.54) is 16.1 Å². The van der Waals surface area contributed by atoms with Gasteiger partial charge in [0.1, 0.15) is 0 Å². The number of halogens is 2. The van der Waals surface area contributed by atoms with E-state index in [1.54, 1.807) is 42.5 Å². The van der Waals surface area contributed by atoms with Crippen LogP contribution in [-0.2, 0) is 26.1 Å². The molecule has 1 saturated heterocycles. The summed E-state index contributed by atoms with van der Waals surface area (Å²) < 4.78 is 31.9. The summed E-state index contributed by atoms with van der Waals surface area (Å²) in [6, 6.07) is 11.7. The van der Waals surface area contributed by atoms with Crippen molar-refractivity contribution in [3.63, 3.8) is 0 Å². The van der Waals surface area contributed by atoms with E-state index in [0.29, 0.717) is 47.8 Å². The Kier molecular flexibility index (Phi) is 7.84. The molecule has 156 valence electrons. The minimum atomic E-state index is -3.52. The van der Waals surface area contributed by atoms with Gasteiger partial charge in [-0.15, -0.1) is 11.8 Å². The Morgan fingerprint density at radius 1 is 1.07 bits per heavy atom. The maximum atomic E-state index is 12.6. The number of amides is 1. The zero-order valence-corrected chi connectivity index (χ0v) is 18.6. The van der Waals surface area contributed by atoms with Gasteiger partial charge in [0.2, 0.25) is 15.9 Å². The fraction of sp³-hybridized carbons (Fsp3) is 0.316. The van der Waals surface area contributed by atoms with Crippen LogP contribution in [0, 0.1) is 0 Å². The lowest BCUT2D eigenvalue weighted by molar-refractivity contribution is -0.118. The number of hydrogen-bond donors (Lipinski definition) is 1. The maximum absolute atomic E-state index is 12.6. The van der Waals surface area contributed by atoms with Crippen LogP contribution < -0.4 is 5.32 Å². The monoisotopic (exact) mass is 474 g/mol. The van der Waals surface area contributed by atoms with Crippen molar-refractivity contribution in [2.75, 3.05) is 32.1 Å². The summed E-state index contributed by atoms with van der Waals surface area (Å²) in [6.07, 6.45) is 0. The standard InChI is InChI=1S/C19H20Cl2N2O4S2/c20-16-2-1-3-17(21)19(16)28-13-18(24)22-12-14-4-6-15(7-5-14)29(25,26)23-8-10-27-11-9-23/h1-7H,8-13H2,(H,22,24). The van der Waals surface area contributed by atoms with E-state index in [0.717, 1.165) is 5.56 Å². The number of benzene rings is 2. The highest BCUT2D eigenvalue weighted by molar-refractivity contribution is 8.00. The lowest BCUT2D eigenvalue weighted by Gasteiger charge is -2.26. The first-order chi connectivity index (χ1) is 13.9. The fourth-order valence-corrected chi connectivity index (χ4v) is 5.65. The third-order valence-electron chi connectivity index (χ3n) is 4.29. The van der Waals surface area contributed by atoms with Crippen LogP contribution in [-0.4, -0.2) is 50.7 Å². The van der Waals surface area contributed by atoms with E-state index in [9.17, 15) is 13.2 Å². The van der Waals surface area contributed by atoms with Gasteiger partial charge in [0.25, 0.3) is 0 Å². The van der Waals surface area contributed by atoms with E-state index in [2.05, 4.69) is 5.32 Å². The first-order valence-corrected chi connectivity index (χ1v) is 12.1. The van der Waals surface area contributed by atoms with Crippen molar-refractivity contribution in [1.29, 1.82) is 0 Å². The van der Waals surface area contributed by atoms with E-state index in [1.807, 2.05) is 0 Å². The number of carbonyl (C=O) groups is 1. The van der Waals surface area contributed by atoms with Crippen molar-refractivity contribution in [2.24, 2.45) is 0 Å². The van der Waals surface area contributed by atoms with Crippen LogP contribution in [0.15, 0.2) is 52.3 Å². The molecule has 1 aliphatic heterocycles. The van der Waals surface area contributed by atoms with Gasteiger partial charge in [0.05, 0.1) is 33.9 Å². The number of morpholine rings is 1. The Bertz CT molecular complexity index is 942. The quantitative estimate of drug-likeness (QED) is 0.622. The molecular weight excluding hydrogens is 455 g/mol. The van der Waals surface area contributed by atoms with Gasteiger partial charge in [0, 0.05) is 24.5 Å². The first kappa shape index (κ1) is 22.4. The van der Waals surface area contributed by atoms with Crippen molar-refractivity contribution in [3.05, 3.63) is 58.1 Å². The number of rotatable bonds is 7. The topological polar surface area (TPSA) is 75.7 Å². The molecule has 0 aliphatic carbocycles. The van der Waals surface area contributed by atoms with Gasteiger partial charge in [-0.3, -0.25) is 4.79 Å². The van der Waals surface area contributed by atoms with Crippen LogP contribution in [0.1, 0.15) is 5.56 Å². The summed E-state index contributed by atoms with van der Waals surface area (Å²) in [5.41, 5.74) is 0.806. The summed E-state index contributed by atoms with van der Waals surface area (Å²) in [7, 11) is -3.52. The normalized spacial score (nSPS) is 15.2. The van der Waals surface area contributed by atoms with Crippen molar-refractivity contribution in [2.45, 2.75) is 16.3 Å². The lowest BCUT2D eigenvalue weighted by Crippen LogP contribution is -2.40. The molecule has 0 bridgehead atoms. The van der Waals surface area contributed by atoms with E-state index in [4.69, 9.17) is 27.9 Å². The first-order valence-electron chi connectivity index (χ1n) is 8.88. The number of nitrogens with one attached hydrogen (secondary N) is 1. The number of nitrogens with zero attached hydrogens (tertiary/aromatic N) is 1. The number of carbonyl (C=O) groups excluding carboxylic acids is 1. The van der Waals surface area contributed by atoms with Crippen LogP contribution in [0.5, 0.6) is 0 Å². The summed E-state index contributed by atoms with van der Waals surface area (Å²) in [4.78, 5) is 13.0. The Morgan fingerprint density at radius 2 is 1.69 bits per heavy atom. The number of sulfonamides is 1. The van der Waals surface area contributed by atoms with Crippen molar-refractivity contribution in [1.82, 2.24) is 9.62 Å². The molecule has 1 aliphatic rings. The molecule has 2 aromatic rings. The number of hydrogen-bond acceptors (Lipinski definition) is 5. The van der Waals surface area contributed by atoms with Gasteiger partial charge in [-0.1, -0.05) is 41.4 Å². The van der Waals surface area contributed by atoms with Gasteiger partial charge in [-0.2, -0.15) is 4.31 Å². The Morgan fingerprint density at radius 3 is 2.31 bits per heavy atom. The third-order valence-corrected chi connectivity index (χ3v) is 8.19. The van der Waals surface area contributed by atoms with Crippen LogP contribution in [0.3, 0.4) is 0 Å². The van der Waals surface area contributed by atoms with Gasteiger partial charge < -0.3 is 10.1 Å². The largest absolute Gasteiger partial charge is 0.379 e. The molecule has 2 aromatic carbocycles. The number of thioether (sulfide) groups is 1. The van der Waals surface area contributed by atoms with E-state index >= 15 is 0 Å². The summed E-state index contributed by atoms with van der Waals surface area (Å²) in [5.74, 6) is 0.00319. The molecule has 0 atom stereocenters. The Hall–Kier alpha value is -1.29. The highest BCUT2D eigenvalue weighted by Crippen LogP contribution is 2.33. The molecule has 0 spiro atoms. The third kappa shape index (κ3) is 5.87. The predicted octanol–water partition coefficient (Wildman–Crippen LogP) is 3.42. The van der Waals surface area contributed by atoms with Crippen LogP contribution >= 0.6 is 35.0 Å². The Balaban J connectivity index is 1.53. The van der Waals surface area contributed by atoms with Crippen molar-refractivity contribution in [3.8, 4) is 0 Å². The zero-order valence-electron chi connectivity index (χ0n) is 15.4. The van der Waals surface area contributed by atoms with Gasteiger partial charge in [0.15, 0.2) is 0 Å². The van der Waals surface area contributed by atoms with Crippen LogP contribution in [0.25, 0.3) is 0 Å². The molecule has 0 aromatic heterocycles. The molecular formula is C19H20Cl2N2O4S2. The molecule has 1 heterocycles. The summed E-state index contributed by atoms with van der Waals surface area (Å²) in [5, 5.41) is 3.82. The second kappa shape index (κ2) is 10.1. The predicted molar refractivity (Wildman–Crippen MR) is 115 cm³/mol. The summed E-state index contributed by atoms with van der Waals surface area (Å²) >= 11 is 13.5. The average molecular weight is 475 g/mol. The van der Waals surface area contributed by atoms with Gasteiger partial charge in [-0.05, 0) is 29.8 Å². The average Bonchev–Trinajstić information content (AvgIpc) is 2.73. The van der Waals surface area contributed by atoms with E-state index < -0.39 is 10.0 Å². The molecule has 6 nitrogen and oxygen atoms in total. The minimum absolute atomic E-state index is 0.170. The molecule has 29 heavy (non-hydrogen) atoms. The highest BCUT2D eigenvalue weighted by atomic mass is 35.5. The highest BCUT2D eigenvalue weighted by Gasteiger charge is 2.26. The second-order valence-electron chi connectivity index (χ2n) is 6.28. The zero-order chi connectivity index (χ0) is 20.9. The smallest absolute Gasteiger partial charge is 0.243 e. The Labute approximate surface area is 184 Å². The van der Waals surface area contributed by atoms with Crippen molar-refractivity contribution < 1.29 is 17.9 Å². The van der Waals surface area contributed by atoms with Crippen molar-refractivity contribution >= 4 is 50.9 Å². The molecule has 1 amide bonds. The van der Waals surface area contributed by atoms with Crippen LogP contribution in [0.4, 0.5) is 0 Å². The molecule has 0 radical (unpaired) electrons.